The Kier molecular flexibility index (Phi) is 3.77. The number of thiophene rings is 1. The maximum absolute atomic E-state index is 12.2. The first-order valence-electron chi connectivity index (χ1n) is 6.52. The molecule has 21 heavy (non-hydrogen) atoms. The van der Waals surface area contributed by atoms with Gasteiger partial charge in [-0.2, -0.15) is 11.3 Å². The zero-order valence-corrected chi connectivity index (χ0v) is 12.7. The summed E-state index contributed by atoms with van der Waals surface area (Å²) >= 11 is 1.28. The zero-order chi connectivity index (χ0) is 14.9. The number of nitrogens with zero attached hydrogens (tertiary/aromatic N) is 3. The molecular weight excluding hydrogens is 312 g/mol. The molecule has 1 amide bonds. The third-order valence-corrected chi connectivity index (χ3v) is 5.72. The van der Waals surface area contributed by atoms with Crippen LogP contribution < -0.4 is 4.72 Å². The Hall–Kier alpha value is -1.74. The highest BCUT2D eigenvalue weighted by atomic mass is 32.2. The van der Waals surface area contributed by atoms with Crippen molar-refractivity contribution in [3.8, 4) is 0 Å². The summed E-state index contributed by atoms with van der Waals surface area (Å²) in [6.45, 7) is 0.624. The molecule has 1 N–H and O–H groups in total. The second-order valence-electron chi connectivity index (χ2n) is 4.89. The van der Waals surface area contributed by atoms with Crippen LogP contribution in [0.3, 0.4) is 0 Å². The first-order chi connectivity index (χ1) is 10.1. The van der Waals surface area contributed by atoms with Gasteiger partial charge in [0, 0.05) is 24.3 Å². The molecule has 0 radical (unpaired) electrons. The highest BCUT2D eigenvalue weighted by Crippen LogP contribution is 2.20. The number of rotatable bonds is 3. The fraction of sp³-hybridized carbons (Fsp3) is 0.417. The molecule has 2 aromatic rings. The lowest BCUT2D eigenvalue weighted by molar-refractivity contribution is -0.123. The van der Waals surface area contributed by atoms with E-state index in [9.17, 15) is 13.2 Å². The summed E-state index contributed by atoms with van der Waals surface area (Å²) in [4.78, 5) is 12.3. The lowest BCUT2D eigenvalue weighted by Gasteiger charge is -2.13. The summed E-state index contributed by atoms with van der Waals surface area (Å²) in [7, 11) is -3.76. The molecule has 0 fully saturated rings. The molecule has 9 heteroatoms. The summed E-state index contributed by atoms with van der Waals surface area (Å²) in [5.41, 5.74) is 0. The van der Waals surface area contributed by atoms with Gasteiger partial charge in [0.2, 0.25) is 5.91 Å². The maximum Gasteiger partial charge on any atom is 0.264 e. The van der Waals surface area contributed by atoms with Gasteiger partial charge in [0.05, 0.1) is 4.90 Å². The molecule has 0 saturated heterocycles. The van der Waals surface area contributed by atoms with Gasteiger partial charge in [-0.15, -0.1) is 10.2 Å². The molecule has 0 bridgehead atoms. The minimum absolute atomic E-state index is 0.131. The van der Waals surface area contributed by atoms with Crippen LogP contribution in [0.2, 0.25) is 0 Å². The molecule has 112 valence electrons. The van der Waals surface area contributed by atoms with Gasteiger partial charge in [0.15, 0.2) is 0 Å². The first-order valence-corrected chi connectivity index (χ1v) is 8.94. The third kappa shape index (κ3) is 2.98. The monoisotopic (exact) mass is 326 g/mol. The first kappa shape index (κ1) is 14.2. The van der Waals surface area contributed by atoms with Gasteiger partial charge >= 0.3 is 0 Å². The molecule has 1 atom stereocenters. The Morgan fingerprint density at radius 1 is 1.43 bits per heavy atom. The van der Waals surface area contributed by atoms with Crippen LogP contribution in [0.5, 0.6) is 0 Å². The fourth-order valence-electron chi connectivity index (χ4n) is 2.34. The van der Waals surface area contributed by atoms with Crippen LogP contribution in [0.25, 0.3) is 0 Å². The summed E-state index contributed by atoms with van der Waals surface area (Å²) < 4.78 is 28.2. The molecule has 1 aliphatic heterocycles. The number of fused-ring (bicyclic) bond motifs is 1. The predicted octanol–water partition coefficient (Wildman–Crippen LogP) is 0.797. The lowest BCUT2D eigenvalue weighted by atomic mass is 10.00. The number of carbonyl (C=O) groups excluding carboxylic acids is 1. The molecule has 7 nitrogen and oxygen atoms in total. The van der Waals surface area contributed by atoms with E-state index < -0.39 is 15.9 Å². The maximum atomic E-state index is 12.2. The molecule has 1 unspecified atom stereocenters. The smallest absolute Gasteiger partial charge is 0.264 e. The Morgan fingerprint density at radius 2 is 2.29 bits per heavy atom. The highest BCUT2D eigenvalue weighted by Gasteiger charge is 2.27. The molecule has 0 aromatic carbocycles. The van der Waals surface area contributed by atoms with Gasteiger partial charge in [0.1, 0.15) is 12.2 Å². The zero-order valence-electron chi connectivity index (χ0n) is 11.1. The van der Waals surface area contributed by atoms with Gasteiger partial charge in [-0.05, 0) is 24.3 Å². The molecule has 1 aliphatic rings. The van der Waals surface area contributed by atoms with Crippen LogP contribution in [-0.2, 0) is 27.8 Å². The largest absolute Gasteiger partial charge is 0.318 e. The minimum atomic E-state index is -3.76. The van der Waals surface area contributed by atoms with Crippen molar-refractivity contribution >= 4 is 27.3 Å². The van der Waals surface area contributed by atoms with E-state index in [1.54, 1.807) is 11.7 Å². The lowest BCUT2D eigenvalue weighted by Crippen LogP contribution is -2.35. The number of aromatic nitrogens is 3. The van der Waals surface area contributed by atoms with Crippen LogP contribution in [0.1, 0.15) is 18.7 Å². The Morgan fingerprint density at radius 3 is 3.05 bits per heavy atom. The van der Waals surface area contributed by atoms with Crippen LogP contribution in [0, 0.1) is 5.92 Å². The van der Waals surface area contributed by atoms with E-state index >= 15 is 0 Å². The Bertz CT molecular complexity index is 714. The van der Waals surface area contributed by atoms with Crippen molar-refractivity contribution in [2.75, 3.05) is 0 Å². The van der Waals surface area contributed by atoms with E-state index in [0.29, 0.717) is 25.8 Å². The van der Waals surface area contributed by atoms with Crippen LogP contribution in [-0.4, -0.2) is 29.1 Å². The predicted molar refractivity (Wildman–Crippen MR) is 76.1 cm³/mol. The summed E-state index contributed by atoms with van der Waals surface area (Å²) in [5.74, 6) is 0.0611. The van der Waals surface area contributed by atoms with Crippen molar-refractivity contribution in [3.05, 3.63) is 29.0 Å². The number of aryl methyl sites for hydroxylation is 2. The Balaban J connectivity index is 1.68. The van der Waals surface area contributed by atoms with Crippen LogP contribution in [0.4, 0.5) is 0 Å². The second-order valence-corrected chi connectivity index (χ2v) is 7.36. The molecule has 2 aromatic heterocycles. The van der Waals surface area contributed by atoms with Crippen LogP contribution in [0.15, 0.2) is 28.0 Å². The summed E-state index contributed by atoms with van der Waals surface area (Å²) in [6, 6.07) is 1.48. The van der Waals surface area contributed by atoms with Crippen molar-refractivity contribution in [2.24, 2.45) is 5.92 Å². The quantitative estimate of drug-likeness (QED) is 0.900. The topological polar surface area (TPSA) is 93.9 Å². The van der Waals surface area contributed by atoms with E-state index in [-0.39, 0.29) is 10.8 Å². The SMILES string of the molecule is O=C(NS(=O)(=O)c1ccsc1)C1CCc2nncn2CC1. The average Bonchev–Trinajstić information content (AvgIpc) is 3.07. The van der Waals surface area contributed by atoms with Gasteiger partial charge in [-0.1, -0.05) is 0 Å². The average molecular weight is 326 g/mol. The number of carbonyl (C=O) groups is 1. The van der Waals surface area contributed by atoms with E-state index in [1.165, 1.54) is 22.8 Å². The van der Waals surface area contributed by atoms with E-state index in [4.69, 9.17) is 0 Å². The van der Waals surface area contributed by atoms with E-state index in [0.717, 1.165) is 5.82 Å². The molecular formula is C12H14N4O3S2. The van der Waals surface area contributed by atoms with Crippen molar-refractivity contribution in [1.82, 2.24) is 19.5 Å². The van der Waals surface area contributed by atoms with Crippen molar-refractivity contribution < 1.29 is 13.2 Å². The fourth-order valence-corrected chi connectivity index (χ4v) is 4.42. The van der Waals surface area contributed by atoms with Crippen LogP contribution >= 0.6 is 11.3 Å². The third-order valence-electron chi connectivity index (χ3n) is 3.54. The highest BCUT2D eigenvalue weighted by molar-refractivity contribution is 7.90. The van der Waals surface area contributed by atoms with Gasteiger partial charge < -0.3 is 4.57 Å². The number of amides is 1. The minimum Gasteiger partial charge on any atom is -0.318 e. The van der Waals surface area contributed by atoms with E-state index in [1.807, 2.05) is 4.57 Å². The molecule has 0 saturated carbocycles. The van der Waals surface area contributed by atoms with Gasteiger partial charge in [-0.25, -0.2) is 13.1 Å². The van der Waals surface area contributed by atoms with Gasteiger partial charge in [-0.3, -0.25) is 4.79 Å². The number of hydrogen-bond acceptors (Lipinski definition) is 6. The van der Waals surface area contributed by atoms with Crippen molar-refractivity contribution in [1.29, 1.82) is 0 Å². The van der Waals surface area contributed by atoms with Gasteiger partial charge in [0.25, 0.3) is 10.0 Å². The normalized spacial score (nSPS) is 18.8. The second kappa shape index (κ2) is 5.57. The molecule has 3 rings (SSSR count). The van der Waals surface area contributed by atoms with Crippen molar-refractivity contribution in [3.63, 3.8) is 0 Å². The number of hydrogen-bond donors (Lipinski definition) is 1. The Labute approximate surface area is 126 Å². The number of nitrogens with one attached hydrogen (secondary N) is 1. The summed E-state index contributed by atoms with van der Waals surface area (Å²) in [6.07, 6.45) is 3.41. The van der Waals surface area contributed by atoms with E-state index in [2.05, 4.69) is 14.9 Å². The molecule has 0 aliphatic carbocycles. The summed E-state index contributed by atoms with van der Waals surface area (Å²) in [5, 5.41) is 11.0. The standard InChI is InChI=1S/C12H14N4O3S2/c17-12(15-21(18,19)10-4-6-20-7-10)9-1-2-11-14-13-8-16(11)5-3-9/h4,6-9H,1-3,5H2,(H,15,17). The number of sulfonamides is 1. The molecule has 3 heterocycles. The van der Waals surface area contributed by atoms with Crippen molar-refractivity contribution in [2.45, 2.75) is 30.7 Å². The molecule has 0 spiro atoms.